The van der Waals surface area contributed by atoms with Crippen molar-refractivity contribution in [3.05, 3.63) is 94.8 Å². The lowest BCUT2D eigenvalue weighted by molar-refractivity contribution is -0.132. The van der Waals surface area contributed by atoms with Crippen LogP contribution >= 0.6 is 0 Å². The number of nitrogens with one attached hydrogen (secondary N) is 3. The number of hydrogen-bond donors (Lipinski definition) is 3. The lowest BCUT2D eigenvalue weighted by atomic mass is 10.1. The number of rotatable bonds is 6. The number of aromatic amines is 2. The van der Waals surface area contributed by atoms with Gasteiger partial charge in [0.15, 0.2) is 0 Å². The summed E-state index contributed by atoms with van der Waals surface area (Å²) in [5, 5.41) is 9.61. The Bertz CT molecular complexity index is 1510. The molecule has 0 fully saturated rings. The van der Waals surface area contributed by atoms with E-state index in [1.807, 2.05) is 23.1 Å². The molecule has 4 aromatic rings. The van der Waals surface area contributed by atoms with Gasteiger partial charge in [0, 0.05) is 43.2 Å². The second kappa shape index (κ2) is 9.37. The smallest absolute Gasteiger partial charge is 0.227 e. The Hall–Kier alpha value is -4.60. The normalized spacial score (nSPS) is 18.6. The molecule has 0 saturated carbocycles. The average molecular weight is 506 g/mol. The molecule has 1 amide bonds. The minimum absolute atomic E-state index is 0.0396. The number of anilines is 1. The van der Waals surface area contributed by atoms with E-state index < -0.39 is 6.17 Å². The van der Waals surface area contributed by atoms with Crippen LogP contribution in [0, 0.1) is 0 Å². The predicted octanol–water partition coefficient (Wildman–Crippen LogP) is 2.70. The standard InChI is InChI=1S/C28H27N9O/c38-25(37-10-8-21-23(16-37)36-35-21)13-24-33-26(27(34-24)22-7-3-4-9-29-22)19-14-30-28(31-15-19)32-20-11-17-5-1-2-6-18(17)12-20/h1-7,9,14-15,20,24,35-36H,8,10-13,16H2,(H,30,31,32). The summed E-state index contributed by atoms with van der Waals surface area (Å²) in [6.45, 7) is 1.29. The van der Waals surface area contributed by atoms with Gasteiger partial charge in [-0.3, -0.25) is 19.8 Å². The first-order valence-corrected chi connectivity index (χ1v) is 12.9. The van der Waals surface area contributed by atoms with Gasteiger partial charge in [0.1, 0.15) is 11.9 Å². The molecule has 0 spiro atoms. The molecule has 2 aliphatic heterocycles. The highest BCUT2D eigenvalue weighted by atomic mass is 16.2. The maximum absolute atomic E-state index is 13.1. The van der Waals surface area contributed by atoms with Crippen LogP contribution in [-0.4, -0.2) is 66.1 Å². The van der Waals surface area contributed by atoms with Crippen LogP contribution in [0.25, 0.3) is 0 Å². The van der Waals surface area contributed by atoms with Crippen LogP contribution in [0.2, 0.25) is 0 Å². The van der Waals surface area contributed by atoms with E-state index in [1.165, 1.54) is 16.8 Å². The molecule has 1 aromatic carbocycles. The average Bonchev–Trinajstić information content (AvgIpc) is 3.54. The first kappa shape index (κ1) is 22.6. The maximum Gasteiger partial charge on any atom is 0.227 e. The van der Waals surface area contributed by atoms with Crippen molar-refractivity contribution in [1.82, 2.24) is 30.0 Å². The number of fused-ring (bicyclic) bond motifs is 2. The van der Waals surface area contributed by atoms with E-state index in [0.717, 1.165) is 30.5 Å². The molecule has 0 radical (unpaired) electrons. The Morgan fingerprint density at radius 1 is 0.921 bits per heavy atom. The number of nitrogens with zero attached hydrogens (tertiary/aromatic N) is 6. The summed E-state index contributed by atoms with van der Waals surface area (Å²) in [4.78, 5) is 38.3. The van der Waals surface area contributed by atoms with Crippen LogP contribution in [0.3, 0.4) is 0 Å². The number of hydrogen-bond acceptors (Lipinski definition) is 7. The zero-order valence-corrected chi connectivity index (χ0v) is 20.8. The quantitative estimate of drug-likeness (QED) is 0.371. The fraction of sp³-hybridized carbons (Fsp3) is 0.286. The molecular weight excluding hydrogens is 478 g/mol. The Balaban J connectivity index is 1.09. The maximum atomic E-state index is 13.1. The number of benzene rings is 1. The van der Waals surface area contributed by atoms with Crippen LogP contribution in [0.1, 0.15) is 40.2 Å². The highest BCUT2D eigenvalue weighted by molar-refractivity contribution is 6.54. The predicted molar refractivity (Wildman–Crippen MR) is 143 cm³/mol. The SMILES string of the molecule is O=C(CC1N=C(c2cnc(NC3Cc4ccccc4C3)nc2)C(c2ccccn2)=N1)N1CCc2[nH][nH]c2C1. The van der Waals surface area contributed by atoms with Crippen molar-refractivity contribution in [3.63, 3.8) is 0 Å². The number of pyridine rings is 1. The Labute approximate surface area is 219 Å². The van der Waals surface area contributed by atoms with Gasteiger partial charge in [-0.1, -0.05) is 30.3 Å². The molecule has 10 heteroatoms. The van der Waals surface area contributed by atoms with Gasteiger partial charge in [-0.05, 0) is 36.1 Å². The third-order valence-corrected chi connectivity index (χ3v) is 7.42. The van der Waals surface area contributed by atoms with Crippen molar-refractivity contribution in [2.24, 2.45) is 9.98 Å². The van der Waals surface area contributed by atoms with E-state index in [1.54, 1.807) is 18.6 Å². The summed E-state index contributed by atoms with van der Waals surface area (Å²) < 4.78 is 0. The molecule has 1 aliphatic carbocycles. The second-order valence-electron chi connectivity index (χ2n) is 9.94. The topological polar surface area (TPSA) is 127 Å². The van der Waals surface area contributed by atoms with E-state index in [-0.39, 0.29) is 18.4 Å². The van der Waals surface area contributed by atoms with Crippen molar-refractivity contribution in [3.8, 4) is 0 Å². The van der Waals surface area contributed by atoms with Crippen molar-refractivity contribution < 1.29 is 4.79 Å². The number of carbonyl (C=O) groups excluding carboxylic acids is 1. The molecule has 190 valence electrons. The third kappa shape index (κ3) is 4.27. The molecule has 5 heterocycles. The fourth-order valence-corrected chi connectivity index (χ4v) is 5.41. The van der Waals surface area contributed by atoms with E-state index in [2.05, 4.69) is 54.7 Å². The van der Waals surface area contributed by atoms with Gasteiger partial charge in [-0.15, -0.1) is 0 Å². The Morgan fingerprint density at radius 2 is 1.66 bits per heavy atom. The zero-order chi connectivity index (χ0) is 25.5. The van der Waals surface area contributed by atoms with Gasteiger partial charge in [0.2, 0.25) is 11.9 Å². The van der Waals surface area contributed by atoms with Crippen molar-refractivity contribution >= 4 is 23.3 Å². The van der Waals surface area contributed by atoms with Gasteiger partial charge in [-0.25, -0.2) is 9.97 Å². The number of aromatic nitrogens is 5. The highest BCUT2D eigenvalue weighted by Crippen LogP contribution is 2.25. The van der Waals surface area contributed by atoms with Crippen LogP contribution in [0.15, 0.2) is 71.0 Å². The van der Waals surface area contributed by atoms with E-state index in [0.29, 0.717) is 36.2 Å². The number of aliphatic imine (C=N–C) groups is 2. The zero-order valence-electron chi connectivity index (χ0n) is 20.8. The molecule has 0 saturated heterocycles. The third-order valence-electron chi connectivity index (χ3n) is 7.42. The van der Waals surface area contributed by atoms with Crippen molar-refractivity contribution in [2.45, 2.75) is 44.4 Å². The van der Waals surface area contributed by atoms with Crippen LogP contribution < -0.4 is 5.32 Å². The van der Waals surface area contributed by atoms with Gasteiger partial charge >= 0.3 is 0 Å². The molecule has 1 atom stereocenters. The highest BCUT2D eigenvalue weighted by Gasteiger charge is 2.30. The van der Waals surface area contributed by atoms with Crippen LogP contribution in [-0.2, 0) is 30.6 Å². The van der Waals surface area contributed by atoms with E-state index >= 15 is 0 Å². The summed E-state index contributed by atoms with van der Waals surface area (Å²) in [6, 6.07) is 14.5. The minimum atomic E-state index is -0.507. The Morgan fingerprint density at radius 3 is 2.34 bits per heavy atom. The molecule has 3 aliphatic rings. The molecule has 7 rings (SSSR count). The molecule has 10 nitrogen and oxygen atoms in total. The van der Waals surface area contributed by atoms with Crippen LogP contribution in [0.4, 0.5) is 5.95 Å². The van der Waals surface area contributed by atoms with Gasteiger partial charge in [0.05, 0.1) is 35.8 Å². The van der Waals surface area contributed by atoms with Gasteiger partial charge in [0.25, 0.3) is 0 Å². The summed E-state index contributed by atoms with van der Waals surface area (Å²) in [5.74, 6) is 0.629. The molecular formula is C28H27N9O. The largest absolute Gasteiger partial charge is 0.351 e. The Kier molecular flexibility index (Phi) is 5.57. The molecule has 3 aromatic heterocycles. The van der Waals surface area contributed by atoms with E-state index in [9.17, 15) is 4.79 Å². The summed E-state index contributed by atoms with van der Waals surface area (Å²) in [7, 11) is 0. The summed E-state index contributed by atoms with van der Waals surface area (Å²) in [6.07, 6.45) is 7.73. The number of H-pyrrole nitrogens is 2. The monoisotopic (exact) mass is 505 g/mol. The molecule has 0 bridgehead atoms. The van der Waals surface area contributed by atoms with Gasteiger partial charge in [-0.2, -0.15) is 0 Å². The van der Waals surface area contributed by atoms with Crippen molar-refractivity contribution in [2.75, 3.05) is 11.9 Å². The van der Waals surface area contributed by atoms with E-state index in [4.69, 9.17) is 9.98 Å². The molecule has 1 unspecified atom stereocenters. The number of amides is 1. The minimum Gasteiger partial charge on any atom is -0.351 e. The van der Waals surface area contributed by atoms with Crippen molar-refractivity contribution in [1.29, 1.82) is 0 Å². The molecule has 3 N–H and O–H groups in total. The number of carbonyl (C=O) groups is 1. The first-order chi connectivity index (χ1) is 18.7. The summed E-state index contributed by atoms with van der Waals surface area (Å²) >= 11 is 0. The summed E-state index contributed by atoms with van der Waals surface area (Å²) in [5.41, 5.74) is 7.82. The molecule has 38 heavy (non-hydrogen) atoms. The first-order valence-electron chi connectivity index (χ1n) is 12.9. The second-order valence-corrected chi connectivity index (χ2v) is 9.94. The lowest BCUT2D eigenvalue weighted by Gasteiger charge is -2.30. The lowest BCUT2D eigenvalue weighted by Crippen LogP contribution is -2.39. The van der Waals surface area contributed by atoms with Crippen LogP contribution in [0.5, 0.6) is 0 Å². The van der Waals surface area contributed by atoms with Gasteiger partial charge < -0.3 is 20.4 Å². The fourth-order valence-electron chi connectivity index (χ4n) is 5.41.